The number of nitrogens with one attached hydrogen (secondary N) is 2. The van der Waals surface area contributed by atoms with Crippen LogP contribution in [0.5, 0.6) is 5.75 Å². The van der Waals surface area contributed by atoms with E-state index in [0.717, 1.165) is 15.5 Å². The number of para-hydroxylation sites is 2. The van der Waals surface area contributed by atoms with Crippen LogP contribution in [0.2, 0.25) is 0 Å². The first kappa shape index (κ1) is 18.3. The van der Waals surface area contributed by atoms with Crippen molar-refractivity contribution in [1.29, 1.82) is 0 Å². The normalized spacial score (nSPS) is 11.8. The number of thioether (sulfide) groups is 1. The van der Waals surface area contributed by atoms with Crippen molar-refractivity contribution in [2.45, 2.75) is 4.90 Å². The zero-order chi connectivity index (χ0) is 17.4. The number of ether oxygens (including phenoxy) is 1. The molecule has 1 atom stereocenters. The molecule has 0 bridgehead atoms. The standard InChI is InChI=1S/C18H21FN2O2S/c1-21(11-12-23-16-9-5-3-7-14(16)19)13-18(22)20-15-8-4-6-10-17(15)24-2/h3-10H,11-13H2,1-2H3,(H,20,22)/p+1. The maximum absolute atomic E-state index is 13.4. The molecule has 0 aromatic heterocycles. The molecule has 24 heavy (non-hydrogen) atoms. The molecule has 0 saturated carbocycles. The van der Waals surface area contributed by atoms with Crippen LogP contribution in [0, 0.1) is 5.82 Å². The fourth-order valence-corrected chi connectivity index (χ4v) is 2.76. The predicted molar refractivity (Wildman–Crippen MR) is 95.4 cm³/mol. The fourth-order valence-electron chi connectivity index (χ4n) is 2.20. The molecule has 2 rings (SSSR count). The average Bonchev–Trinajstić information content (AvgIpc) is 2.57. The van der Waals surface area contributed by atoms with Gasteiger partial charge in [-0.3, -0.25) is 4.79 Å². The maximum atomic E-state index is 13.4. The van der Waals surface area contributed by atoms with E-state index in [9.17, 15) is 9.18 Å². The minimum atomic E-state index is -0.374. The Kier molecular flexibility index (Phi) is 7.08. The molecule has 0 aliphatic heterocycles. The van der Waals surface area contributed by atoms with Crippen LogP contribution < -0.4 is 15.0 Å². The highest BCUT2D eigenvalue weighted by Gasteiger charge is 2.12. The highest BCUT2D eigenvalue weighted by Crippen LogP contribution is 2.24. The van der Waals surface area contributed by atoms with E-state index >= 15 is 0 Å². The number of hydrogen-bond donors (Lipinski definition) is 2. The van der Waals surface area contributed by atoms with Gasteiger partial charge in [0.2, 0.25) is 0 Å². The molecular weight excluding hydrogens is 327 g/mol. The summed E-state index contributed by atoms with van der Waals surface area (Å²) in [5.74, 6) is -0.190. The van der Waals surface area contributed by atoms with Gasteiger partial charge in [-0.2, -0.15) is 0 Å². The van der Waals surface area contributed by atoms with Gasteiger partial charge in [-0.1, -0.05) is 24.3 Å². The third-order valence-corrected chi connectivity index (χ3v) is 4.26. The lowest BCUT2D eigenvalue weighted by Crippen LogP contribution is -3.10. The van der Waals surface area contributed by atoms with Gasteiger partial charge in [-0.25, -0.2) is 4.39 Å². The number of carbonyl (C=O) groups excluding carboxylic acids is 1. The number of amides is 1. The Balaban J connectivity index is 1.76. The molecule has 0 spiro atoms. The molecule has 1 amide bonds. The molecule has 6 heteroatoms. The van der Waals surface area contributed by atoms with Gasteiger partial charge >= 0.3 is 0 Å². The maximum Gasteiger partial charge on any atom is 0.279 e. The number of benzene rings is 2. The molecule has 4 nitrogen and oxygen atoms in total. The molecule has 2 aromatic carbocycles. The summed E-state index contributed by atoms with van der Waals surface area (Å²) in [6.45, 7) is 1.27. The Morgan fingerprint density at radius 2 is 1.92 bits per heavy atom. The van der Waals surface area contributed by atoms with E-state index in [2.05, 4.69) is 5.32 Å². The Bertz CT molecular complexity index is 682. The summed E-state index contributed by atoms with van der Waals surface area (Å²) in [5, 5.41) is 2.93. The van der Waals surface area contributed by atoms with Crippen LogP contribution in [-0.2, 0) is 4.79 Å². The van der Waals surface area contributed by atoms with Gasteiger partial charge in [-0.15, -0.1) is 11.8 Å². The first-order valence-corrected chi connectivity index (χ1v) is 8.94. The summed E-state index contributed by atoms with van der Waals surface area (Å²) in [5.41, 5.74) is 0.824. The Hall–Kier alpha value is -2.05. The molecule has 0 aliphatic carbocycles. The van der Waals surface area contributed by atoms with Crippen molar-refractivity contribution in [2.24, 2.45) is 0 Å². The summed E-state index contributed by atoms with van der Waals surface area (Å²) >= 11 is 1.59. The summed E-state index contributed by atoms with van der Waals surface area (Å²) in [4.78, 5) is 14.2. The van der Waals surface area contributed by atoms with E-state index in [1.165, 1.54) is 6.07 Å². The minimum Gasteiger partial charge on any atom is -0.485 e. The van der Waals surface area contributed by atoms with Gasteiger partial charge in [0, 0.05) is 4.90 Å². The molecule has 0 saturated heterocycles. The van der Waals surface area contributed by atoms with Gasteiger partial charge in [0.25, 0.3) is 5.91 Å². The topological polar surface area (TPSA) is 42.8 Å². The third-order valence-electron chi connectivity index (χ3n) is 3.47. The van der Waals surface area contributed by atoms with E-state index in [0.29, 0.717) is 19.7 Å². The lowest BCUT2D eigenvalue weighted by atomic mass is 10.3. The lowest BCUT2D eigenvalue weighted by Gasteiger charge is -2.15. The molecule has 1 unspecified atom stereocenters. The smallest absolute Gasteiger partial charge is 0.279 e. The van der Waals surface area contributed by atoms with E-state index < -0.39 is 0 Å². The summed E-state index contributed by atoms with van der Waals surface area (Å²) in [6, 6.07) is 14.0. The number of likely N-dealkylation sites (N-methyl/N-ethyl adjacent to an activating group) is 1. The predicted octanol–water partition coefficient (Wildman–Crippen LogP) is 2.08. The summed E-state index contributed by atoms with van der Waals surface area (Å²) in [7, 11) is 1.91. The van der Waals surface area contributed by atoms with Crippen LogP contribution in [0.4, 0.5) is 10.1 Å². The van der Waals surface area contributed by atoms with Crippen LogP contribution in [0.3, 0.4) is 0 Å². The van der Waals surface area contributed by atoms with Crippen molar-refractivity contribution in [2.75, 3.05) is 38.3 Å². The molecule has 128 valence electrons. The number of hydrogen-bond acceptors (Lipinski definition) is 3. The Morgan fingerprint density at radius 1 is 1.21 bits per heavy atom. The average molecular weight is 349 g/mol. The second-order valence-electron chi connectivity index (χ2n) is 5.41. The Labute approximate surface area is 146 Å². The molecule has 0 heterocycles. The van der Waals surface area contributed by atoms with E-state index in [4.69, 9.17) is 4.74 Å². The van der Waals surface area contributed by atoms with Crippen LogP contribution >= 0.6 is 11.8 Å². The molecular formula is C18H22FN2O2S+. The molecule has 0 aliphatic rings. The SMILES string of the molecule is CSc1ccccc1NC(=O)C[NH+](C)CCOc1ccccc1F. The van der Waals surface area contributed by atoms with Crippen LogP contribution in [0.15, 0.2) is 53.4 Å². The number of anilines is 1. The highest BCUT2D eigenvalue weighted by molar-refractivity contribution is 7.98. The van der Waals surface area contributed by atoms with Gasteiger partial charge in [0.1, 0.15) is 13.2 Å². The van der Waals surface area contributed by atoms with Crippen molar-refractivity contribution in [3.05, 3.63) is 54.3 Å². The fraction of sp³-hybridized carbons (Fsp3) is 0.278. The van der Waals surface area contributed by atoms with Crippen molar-refractivity contribution in [3.63, 3.8) is 0 Å². The van der Waals surface area contributed by atoms with Gasteiger partial charge in [0.15, 0.2) is 18.1 Å². The molecule has 0 fully saturated rings. The van der Waals surface area contributed by atoms with Crippen LogP contribution in [-0.4, -0.2) is 38.9 Å². The molecule has 0 radical (unpaired) electrons. The second kappa shape index (κ2) is 9.30. The van der Waals surface area contributed by atoms with Crippen molar-refractivity contribution >= 4 is 23.4 Å². The van der Waals surface area contributed by atoms with Gasteiger partial charge < -0.3 is 15.0 Å². The van der Waals surface area contributed by atoms with E-state index in [-0.39, 0.29) is 17.5 Å². The highest BCUT2D eigenvalue weighted by atomic mass is 32.2. The number of halogens is 1. The van der Waals surface area contributed by atoms with Gasteiger partial charge in [-0.05, 0) is 30.5 Å². The van der Waals surface area contributed by atoms with Crippen molar-refractivity contribution < 1.29 is 18.8 Å². The van der Waals surface area contributed by atoms with Crippen LogP contribution in [0.25, 0.3) is 0 Å². The first-order valence-electron chi connectivity index (χ1n) is 7.71. The quantitative estimate of drug-likeness (QED) is 0.717. The molecule has 2 N–H and O–H groups in total. The number of carbonyl (C=O) groups is 1. The van der Waals surface area contributed by atoms with Gasteiger partial charge in [0.05, 0.1) is 12.7 Å². The third kappa shape index (κ3) is 5.54. The minimum absolute atomic E-state index is 0.0557. The Morgan fingerprint density at radius 3 is 2.67 bits per heavy atom. The molecule has 2 aromatic rings. The van der Waals surface area contributed by atoms with Crippen molar-refractivity contribution in [1.82, 2.24) is 0 Å². The van der Waals surface area contributed by atoms with E-state index in [1.54, 1.807) is 30.0 Å². The van der Waals surface area contributed by atoms with E-state index in [1.807, 2.05) is 37.6 Å². The van der Waals surface area contributed by atoms with Crippen LogP contribution in [0.1, 0.15) is 0 Å². The summed E-state index contributed by atoms with van der Waals surface area (Å²) < 4.78 is 18.9. The number of rotatable bonds is 8. The van der Waals surface area contributed by atoms with Crippen molar-refractivity contribution in [3.8, 4) is 5.75 Å². The monoisotopic (exact) mass is 349 g/mol. The second-order valence-corrected chi connectivity index (χ2v) is 6.26. The first-order chi connectivity index (χ1) is 11.6. The largest absolute Gasteiger partial charge is 0.485 e. The number of quaternary nitrogens is 1. The summed E-state index contributed by atoms with van der Waals surface area (Å²) in [6.07, 6.45) is 1.97. The lowest BCUT2D eigenvalue weighted by molar-refractivity contribution is -0.871. The zero-order valence-corrected chi connectivity index (χ0v) is 14.7. The zero-order valence-electron chi connectivity index (χ0n) is 13.8.